The summed E-state index contributed by atoms with van der Waals surface area (Å²) in [7, 11) is 1.33. The van der Waals surface area contributed by atoms with Gasteiger partial charge in [-0.25, -0.2) is 9.36 Å². The van der Waals surface area contributed by atoms with Crippen molar-refractivity contribution in [3.05, 3.63) is 60.9 Å². The highest BCUT2D eigenvalue weighted by atomic mass is 16.5. The van der Waals surface area contributed by atoms with Crippen LogP contribution in [0.4, 0.5) is 10.5 Å². The summed E-state index contributed by atoms with van der Waals surface area (Å²) in [5, 5.41) is 2.53. The van der Waals surface area contributed by atoms with Crippen LogP contribution >= 0.6 is 0 Å². The van der Waals surface area contributed by atoms with Crippen LogP contribution < -0.4 is 9.88 Å². The first kappa shape index (κ1) is 28.7. The number of unbranched alkanes of at least 4 members (excludes halogenated alkanes) is 13. The number of carbonyl (C=O) groups excluding carboxylic acids is 1. The number of anilines is 1. The highest BCUT2D eigenvalue weighted by molar-refractivity contribution is 5.84. The van der Waals surface area contributed by atoms with Crippen molar-refractivity contribution in [2.24, 2.45) is 0 Å². The van der Waals surface area contributed by atoms with Crippen LogP contribution in [0, 0.1) is 0 Å². The Balaban J connectivity index is 0.000000412. The van der Waals surface area contributed by atoms with Gasteiger partial charge in [0.2, 0.25) is 0 Å². The highest BCUT2D eigenvalue weighted by Gasteiger charge is 1.98. The van der Waals surface area contributed by atoms with Crippen LogP contribution in [0.1, 0.15) is 96.8 Å². The molecule has 184 valence electrons. The third kappa shape index (κ3) is 17.8. The number of hydrogen-bond donors (Lipinski definition) is 1. The normalized spacial score (nSPS) is 10.2. The Morgan fingerprint density at radius 3 is 1.64 bits per heavy atom. The van der Waals surface area contributed by atoms with Gasteiger partial charge in [0, 0.05) is 24.2 Å². The van der Waals surface area contributed by atoms with Gasteiger partial charge in [0.1, 0.15) is 6.54 Å². The molecule has 0 atom stereocenters. The van der Waals surface area contributed by atoms with Crippen LogP contribution in [0.2, 0.25) is 0 Å². The summed E-state index contributed by atoms with van der Waals surface area (Å²) in [6.45, 7) is 3.47. The number of pyridine rings is 1. The van der Waals surface area contributed by atoms with Gasteiger partial charge in [0.25, 0.3) is 0 Å². The molecule has 1 aromatic carbocycles. The molecule has 0 saturated heterocycles. The fourth-order valence-electron chi connectivity index (χ4n) is 3.76. The van der Waals surface area contributed by atoms with Gasteiger partial charge in [-0.05, 0) is 18.6 Å². The maximum atomic E-state index is 10.6. The van der Waals surface area contributed by atoms with Gasteiger partial charge in [-0.15, -0.1) is 0 Å². The molecule has 0 bridgehead atoms. The molecule has 1 amide bonds. The van der Waals surface area contributed by atoms with E-state index in [1.807, 2.05) is 18.2 Å². The second-order valence-electron chi connectivity index (χ2n) is 8.69. The minimum Gasteiger partial charge on any atom is -0.453 e. The number of aryl methyl sites for hydroxylation is 1. The van der Waals surface area contributed by atoms with Crippen molar-refractivity contribution in [1.29, 1.82) is 0 Å². The summed E-state index contributed by atoms with van der Waals surface area (Å²) in [6.07, 6.45) is 24.0. The Bertz CT molecular complexity index is 677. The third-order valence-corrected chi connectivity index (χ3v) is 5.75. The number of para-hydroxylation sites is 1. The molecule has 0 aliphatic heterocycles. The molecule has 0 spiro atoms. The van der Waals surface area contributed by atoms with E-state index in [-0.39, 0.29) is 0 Å². The number of carbonyl (C=O) groups is 1. The lowest BCUT2D eigenvalue weighted by Crippen LogP contribution is -2.32. The van der Waals surface area contributed by atoms with Crippen molar-refractivity contribution in [2.75, 3.05) is 12.4 Å². The van der Waals surface area contributed by atoms with Crippen molar-refractivity contribution in [3.63, 3.8) is 0 Å². The van der Waals surface area contributed by atoms with Crippen molar-refractivity contribution >= 4 is 11.8 Å². The molecular weight excluding hydrogens is 408 g/mol. The fourth-order valence-corrected chi connectivity index (χ4v) is 3.76. The molecule has 0 aliphatic carbocycles. The number of nitrogens with one attached hydrogen (secondary N) is 1. The molecule has 0 radical (unpaired) electrons. The Hall–Kier alpha value is -2.36. The summed E-state index contributed by atoms with van der Waals surface area (Å²) in [6, 6.07) is 15.4. The summed E-state index contributed by atoms with van der Waals surface area (Å²) in [5.74, 6) is 0. The van der Waals surface area contributed by atoms with Crippen LogP contribution in [-0.4, -0.2) is 13.2 Å². The smallest absolute Gasteiger partial charge is 0.411 e. The zero-order valence-electron chi connectivity index (χ0n) is 21.1. The molecule has 4 heteroatoms. The molecule has 0 aliphatic rings. The van der Waals surface area contributed by atoms with Gasteiger partial charge in [-0.3, -0.25) is 5.32 Å². The standard InChI is InChI=1S/C21H38N.C8H9NO2/c1-2-3-4-5-6-7-8-9-10-11-12-13-14-16-19-22-20-17-15-18-21-22;1-11-8(10)9-7-5-3-2-4-6-7/h15,17-18,20-21H,2-14,16,19H2,1H3;2-6H,1H3,(H,9,10)/q+1;. The minimum absolute atomic E-state index is 0.448. The summed E-state index contributed by atoms with van der Waals surface area (Å²) < 4.78 is 6.70. The lowest BCUT2D eigenvalue weighted by Gasteiger charge is -2.02. The Kier molecular flexibility index (Phi) is 18.7. The SMILES string of the molecule is CCCCCCCCCCCCCCCC[n+]1ccccc1.COC(=O)Nc1ccccc1. The predicted octanol–water partition coefficient (Wildman–Crippen LogP) is 8.32. The van der Waals surface area contributed by atoms with Gasteiger partial charge in [-0.1, -0.05) is 108 Å². The van der Waals surface area contributed by atoms with Gasteiger partial charge < -0.3 is 4.74 Å². The van der Waals surface area contributed by atoms with Gasteiger partial charge >= 0.3 is 6.09 Å². The molecule has 1 heterocycles. The van der Waals surface area contributed by atoms with Gasteiger partial charge in [0.05, 0.1) is 7.11 Å². The van der Waals surface area contributed by atoms with Crippen LogP contribution in [0.5, 0.6) is 0 Å². The maximum Gasteiger partial charge on any atom is 0.411 e. The molecule has 1 N–H and O–H groups in total. The van der Waals surface area contributed by atoms with E-state index in [4.69, 9.17) is 0 Å². The van der Waals surface area contributed by atoms with E-state index in [9.17, 15) is 4.79 Å². The van der Waals surface area contributed by atoms with Gasteiger partial charge in [0.15, 0.2) is 12.4 Å². The van der Waals surface area contributed by atoms with Crippen molar-refractivity contribution in [2.45, 2.75) is 103 Å². The number of amides is 1. The molecular formula is C29H47N2O2+. The quantitative estimate of drug-likeness (QED) is 0.204. The summed E-state index contributed by atoms with van der Waals surface area (Å²) in [5.41, 5.74) is 0.736. The van der Waals surface area contributed by atoms with Crippen molar-refractivity contribution in [3.8, 4) is 0 Å². The van der Waals surface area contributed by atoms with E-state index < -0.39 is 6.09 Å². The topological polar surface area (TPSA) is 42.2 Å². The van der Waals surface area contributed by atoms with E-state index in [2.05, 4.69) is 52.1 Å². The van der Waals surface area contributed by atoms with E-state index in [0.29, 0.717) is 0 Å². The first-order valence-corrected chi connectivity index (χ1v) is 13.1. The second kappa shape index (κ2) is 21.5. The van der Waals surface area contributed by atoms with E-state index in [0.717, 1.165) is 5.69 Å². The average Bonchev–Trinajstić information content (AvgIpc) is 2.86. The van der Waals surface area contributed by atoms with Gasteiger partial charge in [-0.2, -0.15) is 0 Å². The highest BCUT2D eigenvalue weighted by Crippen LogP contribution is 2.12. The lowest BCUT2D eigenvalue weighted by molar-refractivity contribution is -0.697. The predicted molar refractivity (Wildman–Crippen MR) is 139 cm³/mol. The number of benzene rings is 1. The van der Waals surface area contributed by atoms with Crippen LogP contribution in [0.25, 0.3) is 0 Å². The summed E-state index contributed by atoms with van der Waals surface area (Å²) in [4.78, 5) is 10.6. The van der Waals surface area contributed by atoms with Crippen LogP contribution in [0.15, 0.2) is 60.9 Å². The number of hydrogen-bond acceptors (Lipinski definition) is 2. The van der Waals surface area contributed by atoms with Crippen LogP contribution in [-0.2, 0) is 11.3 Å². The molecule has 1 aromatic heterocycles. The number of nitrogens with zero attached hydrogens (tertiary/aromatic N) is 1. The number of aromatic nitrogens is 1. The molecule has 2 rings (SSSR count). The zero-order chi connectivity index (χ0) is 23.8. The number of ether oxygens (including phenoxy) is 1. The zero-order valence-corrected chi connectivity index (χ0v) is 21.1. The molecule has 2 aromatic rings. The Morgan fingerprint density at radius 1 is 0.697 bits per heavy atom. The maximum absolute atomic E-state index is 10.6. The van der Waals surface area contributed by atoms with Crippen molar-refractivity contribution < 1.29 is 14.1 Å². The molecule has 4 nitrogen and oxygen atoms in total. The second-order valence-corrected chi connectivity index (χ2v) is 8.69. The Morgan fingerprint density at radius 2 is 1.15 bits per heavy atom. The molecule has 0 fully saturated rings. The molecule has 33 heavy (non-hydrogen) atoms. The summed E-state index contributed by atoms with van der Waals surface area (Å²) >= 11 is 0. The third-order valence-electron chi connectivity index (χ3n) is 5.75. The molecule has 0 unspecified atom stereocenters. The fraction of sp³-hybridized carbons (Fsp3) is 0.586. The largest absolute Gasteiger partial charge is 0.453 e. The van der Waals surface area contributed by atoms with Crippen LogP contribution in [0.3, 0.4) is 0 Å². The molecule has 0 saturated carbocycles. The minimum atomic E-state index is -0.448. The van der Waals surface area contributed by atoms with Crippen molar-refractivity contribution in [1.82, 2.24) is 0 Å². The first-order valence-electron chi connectivity index (χ1n) is 13.1. The van der Waals surface area contributed by atoms with E-state index >= 15 is 0 Å². The first-order chi connectivity index (χ1) is 16.3. The average molecular weight is 456 g/mol. The number of methoxy groups -OCH3 is 1. The van der Waals surface area contributed by atoms with E-state index in [1.165, 1.54) is 104 Å². The van der Waals surface area contributed by atoms with E-state index in [1.54, 1.807) is 12.1 Å². The lowest BCUT2D eigenvalue weighted by atomic mass is 10.0. The number of rotatable bonds is 16. The monoisotopic (exact) mass is 455 g/mol. The Labute approximate surface area is 202 Å².